The number of anilines is 1. The summed E-state index contributed by atoms with van der Waals surface area (Å²) >= 11 is 0. The van der Waals surface area contributed by atoms with E-state index >= 15 is 0 Å². The Kier molecular flexibility index (Phi) is 2.48. The molecule has 0 amide bonds. The van der Waals surface area contributed by atoms with Gasteiger partial charge in [0.1, 0.15) is 11.5 Å². The van der Waals surface area contributed by atoms with Gasteiger partial charge in [-0.3, -0.25) is 10.1 Å². The van der Waals surface area contributed by atoms with E-state index in [0.717, 1.165) is 38.4 Å². The number of nitrogens with zero attached hydrogens (tertiary/aromatic N) is 3. The van der Waals surface area contributed by atoms with Gasteiger partial charge in [-0.25, -0.2) is 4.98 Å². The first-order chi connectivity index (χ1) is 8.60. The number of hydrogen-bond acceptors (Lipinski definition) is 5. The summed E-state index contributed by atoms with van der Waals surface area (Å²) < 4.78 is 5.65. The van der Waals surface area contributed by atoms with E-state index in [9.17, 15) is 10.1 Å². The highest BCUT2D eigenvalue weighted by Gasteiger charge is 2.44. The second-order valence-electron chi connectivity index (χ2n) is 4.98. The number of nitro groups is 1. The van der Waals surface area contributed by atoms with Crippen molar-refractivity contribution in [2.24, 2.45) is 0 Å². The fraction of sp³-hybridized carbons (Fsp3) is 0.583. The Labute approximate surface area is 105 Å². The van der Waals surface area contributed by atoms with Crippen molar-refractivity contribution in [1.82, 2.24) is 4.98 Å². The summed E-state index contributed by atoms with van der Waals surface area (Å²) in [5.74, 6) is 0.811. The van der Waals surface area contributed by atoms with Gasteiger partial charge >= 0.3 is 0 Å². The lowest BCUT2D eigenvalue weighted by Crippen LogP contribution is -2.46. The Balaban J connectivity index is 1.81. The molecule has 0 aliphatic carbocycles. The van der Waals surface area contributed by atoms with E-state index < -0.39 is 4.92 Å². The predicted molar refractivity (Wildman–Crippen MR) is 65.8 cm³/mol. The lowest BCUT2D eigenvalue weighted by atomic mass is 9.94. The zero-order valence-corrected chi connectivity index (χ0v) is 10.3. The fourth-order valence-corrected chi connectivity index (χ4v) is 2.66. The fourth-order valence-electron chi connectivity index (χ4n) is 2.66. The van der Waals surface area contributed by atoms with Crippen molar-refractivity contribution in [3.8, 4) is 0 Å². The van der Waals surface area contributed by atoms with Crippen LogP contribution in [0, 0.1) is 17.0 Å². The standard InChI is InChI=1S/C12H15N3O3/c1-9-10(15(16)17)2-3-11(13-9)14-6-4-12(8-14)5-7-18-12/h2-3H,4-8H2,1H3. The van der Waals surface area contributed by atoms with Gasteiger partial charge in [0.15, 0.2) is 0 Å². The third-order valence-electron chi connectivity index (χ3n) is 3.85. The van der Waals surface area contributed by atoms with Crippen LogP contribution in [0.3, 0.4) is 0 Å². The van der Waals surface area contributed by atoms with Gasteiger partial charge in [0.2, 0.25) is 0 Å². The molecule has 0 aromatic carbocycles. The summed E-state index contributed by atoms with van der Waals surface area (Å²) in [7, 11) is 0. The van der Waals surface area contributed by atoms with Crippen LogP contribution in [-0.4, -0.2) is 35.2 Å². The van der Waals surface area contributed by atoms with E-state index in [-0.39, 0.29) is 11.3 Å². The van der Waals surface area contributed by atoms with Gasteiger partial charge in [-0.05, 0) is 19.4 Å². The minimum absolute atomic E-state index is 0.0252. The van der Waals surface area contributed by atoms with E-state index in [1.807, 2.05) is 0 Å². The number of aryl methyl sites for hydroxylation is 1. The van der Waals surface area contributed by atoms with Gasteiger partial charge in [0.05, 0.1) is 17.1 Å². The maximum absolute atomic E-state index is 10.7. The van der Waals surface area contributed by atoms with Crippen molar-refractivity contribution >= 4 is 11.5 Å². The van der Waals surface area contributed by atoms with Crippen LogP contribution in [0.4, 0.5) is 11.5 Å². The average molecular weight is 249 g/mol. The van der Waals surface area contributed by atoms with Crippen molar-refractivity contribution in [2.75, 3.05) is 24.6 Å². The number of ether oxygens (including phenoxy) is 1. The maximum atomic E-state index is 10.7. The molecule has 1 atom stereocenters. The lowest BCUT2D eigenvalue weighted by molar-refractivity contribution is -0.385. The van der Waals surface area contributed by atoms with Crippen LogP contribution in [0.25, 0.3) is 0 Å². The summed E-state index contributed by atoms with van der Waals surface area (Å²) in [5.41, 5.74) is 0.567. The molecule has 96 valence electrons. The van der Waals surface area contributed by atoms with Gasteiger partial charge in [-0.15, -0.1) is 0 Å². The van der Waals surface area contributed by atoms with Gasteiger partial charge < -0.3 is 9.64 Å². The molecule has 0 N–H and O–H groups in total. The average Bonchev–Trinajstić information content (AvgIpc) is 2.73. The van der Waals surface area contributed by atoms with Crippen LogP contribution in [0.5, 0.6) is 0 Å². The summed E-state index contributed by atoms with van der Waals surface area (Å²) in [4.78, 5) is 16.8. The highest BCUT2D eigenvalue weighted by atomic mass is 16.6. The zero-order valence-electron chi connectivity index (χ0n) is 10.3. The molecule has 2 fully saturated rings. The van der Waals surface area contributed by atoms with Crippen LogP contribution in [0.2, 0.25) is 0 Å². The Hall–Kier alpha value is -1.69. The molecular formula is C12H15N3O3. The lowest BCUT2D eigenvalue weighted by Gasteiger charge is -2.38. The van der Waals surface area contributed by atoms with Crippen LogP contribution < -0.4 is 4.90 Å². The van der Waals surface area contributed by atoms with Gasteiger partial charge in [0, 0.05) is 25.6 Å². The van der Waals surface area contributed by atoms with Crippen LogP contribution >= 0.6 is 0 Å². The molecule has 6 nitrogen and oxygen atoms in total. The minimum atomic E-state index is -0.396. The van der Waals surface area contributed by atoms with Crippen LogP contribution in [0.1, 0.15) is 18.5 Å². The summed E-state index contributed by atoms with van der Waals surface area (Å²) in [5, 5.41) is 10.7. The number of hydrogen-bond donors (Lipinski definition) is 0. The largest absolute Gasteiger partial charge is 0.373 e. The Bertz CT molecular complexity index is 499. The van der Waals surface area contributed by atoms with Crippen molar-refractivity contribution < 1.29 is 9.66 Å². The second-order valence-corrected chi connectivity index (χ2v) is 4.98. The molecule has 3 rings (SSSR count). The second kappa shape index (κ2) is 3.91. The summed E-state index contributed by atoms with van der Waals surface area (Å²) in [6, 6.07) is 3.26. The first-order valence-electron chi connectivity index (χ1n) is 6.11. The topological polar surface area (TPSA) is 68.5 Å². The molecule has 1 unspecified atom stereocenters. The van der Waals surface area contributed by atoms with Gasteiger partial charge in [-0.1, -0.05) is 0 Å². The SMILES string of the molecule is Cc1nc(N2CCC3(CCO3)C2)ccc1[N+](=O)[O-]. The molecule has 1 aromatic heterocycles. The molecule has 0 radical (unpaired) electrons. The van der Waals surface area contributed by atoms with E-state index in [2.05, 4.69) is 9.88 Å². The van der Waals surface area contributed by atoms with Crippen molar-refractivity contribution in [3.05, 3.63) is 27.9 Å². The molecular weight excluding hydrogens is 234 g/mol. The van der Waals surface area contributed by atoms with Gasteiger partial charge in [-0.2, -0.15) is 0 Å². The zero-order chi connectivity index (χ0) is 12.8. The normalized spacial score (nSPS) is 26.4. The first kappa shape index (κ1) is 11.4. The molecule has 2 aliphatic heterocycles. The molecule has 2 saturated heterocycles. The number of aromatic nitrogens is 1. The van der Waals surface area contributed by atoms with Crippen molar-refractivity contribution in [3.63, 3.8) is 0 Å². The Morgan fingerprint density at radius 3 is 2.78 bits per heavy atom. The van der Waals surface area contributed by atoms with Crippen LogP contribution in [0.15, 0.2) is 12.1 Å². The van der Waals surface area contributed by atoms with Crippen molar-refractivity contribution in [2.45, 2.75) is 25.4 Å². The Morgan fingerprint density at radius 1 is 1.50 bits per heavy atom. The summed E-state index contributed by atoms with van der Waals surface area (Å²) in [6.07, 6.45) is 2.13. The molecule has 0 saturated carbocycles. The highest BCUT2D eigenvalue weighted by Crippen LogP contribution is 2.37. The third kappa shape index (κ3) is 1.73. The summed E-state index contributed by atoms with van der Waals surface area (Å²) in [6.45, 7) is 4.27. The number of rotatable bonds is 2. The van der Waals surface area contributed by atoms with E-state index in [4.69, 9.17) is 4.74 Å². The Morgan fingerprint density at radius 2 is 2.28 bits per heavy atom. The maximum Gasteiger partial charge on any atom is 0.290 e. The third-order valence-corrected chi connectivity index (χ3v) is 3.85. The molecule has 6 heteroatoms. The minimum Gasteiger partial charge on any atom is -0.373 e. The molecule has 3 heterocycles. The molecule has 18 heavy (non-hydrogen) atoms. The molecule has 2 aliphatic rings. The quantitative estimate of drug-likeness (QED) is 0.589. The van der Waals surface area contributed by atoms with Gasteiger partial charge in [0.25, 0.3) is 5.69 Å². The van der Waals surface area contributed by atoms with E-state index in [1.165, 1.54) is 6.07 Å². The molecule has 1 aromatic rings. The molecule has 1 spiro atoms. The predicted octanol–water partition coefficient (Wildman–Crippen LogP) is 1.67. The monoisotopic (exact) mass is 249 g/mol. The van der Waals surface area contributed by atoms with Crippen molar-refractivity contribution in [1.29, 1.82) is 0 Å². The van der Waals surface area contributed by atoms with Crippen LogP contribution in [-0.2, 0) is 4.74 Å². The number of pyridine rings is 1. The van der Waals surface area contributed by atoms with E-state index in [1.54, 1.807) is 13.0 Å². The smallest absolute Gasteiger partial charge is 0.290 e. The van der Waals surface area contributed by atoms with E-state index in [0.29, 0.717) is 5.69 Å². The highest BCUT2D eigenvalue weighted by molar-refractivity contribution is 5.48. The molecule has 0 bridgehead atoms. The first-order valence-corrected chi connectivity index (χ1v) is 6.11.